The lowest BCUT2D eigenvalue weighted by molar-refractivity contribution is -0.138. The first-order valence-electron chi connectivity index (χ1n) is 13.7. The molecule has 1 amide bonds. The van der Waals surface area contributed by atoms with Gasteiger partial charge < -0.3 is 9.64 Å². The van der Waals surface area contributed by atoms with Crippen molar-refractivity contribution in [3.8, 4) is 22.9 Å². The van der Waals surface area contributed by atoms with E-state index in [1.54, 1.807) is 7.11 Å². The lowest BCUT2D eigenvalue weighted by Crippen LogP contribution is -2.61. The number of carbonyl (C=O) groups excluding carboxylic acids is 1. The molecular weight excluding hydrogens is 486 g/mol. The first-order chi connectivity index (χ1) is 19.0. The summed E-state index contributed by atoms with van der Waals surface area (Å²) in [4.78, 5) is 27.1. The van der Waals surface area contributed by atoms with Gasteiger partial charge in [0, 0.05) is 72.5 Å². The first-order valence-corrected chi connectivity index (χ1v) is 13.7. The quantitative estimate of drug-likeness (QED) is 0.448. The largest absolute Gasteiger partial charge is 0.495 e. The topological polar surface area (TPSA) is 81.8 Å². The van der Waals surface area contributed by atoms with Gasteiger partial charge in [-0.1, -0.05) is 37.3 Å². The standard InChI is InChI=1S/C32H33N5O2/c1-4-29(38)37-24-12-13-25(37)20-36(19-24)32(2)15-14-23(17-35-32)28-18-34-30-26(6-5-7-27(30)31(28)39-3)22-10-8-21(16-33)9-11-22/h5-11,14,17-18,24-25H,4,12-13,15,19-20H2,1-3H3/t24-,25+,32?. The van der Waals surface area contributed by atoms with Crippen molar-refractivity contribution in [2.75, 3.05) is 20.2 Å². The number of aromatic nitrogens is 1. The van der Waals surface area contributed by atoms with Gasteiger partial charge in [-0.05, 0) is 43.5 Å². The maximum Gasteiger partial charge on any atom is 0.222 e. The van der Waals surface area contributed by atoms with E-state index >= 15 is 0 Å². The van der Waals surface area contributed by atoms with Gasteiger partial charge in [-0.15, -0.1) is 0 Å². The third-order valence-corrected chi connectivity index (χ3v) is 8.63. The van der Waals surface area contributed by atoms with Gasteiger partial charge in [0.2, 0.25) is 5.91 Å². The molecule has 0 spiro atoms. The van der Waals surface area contributed by atoms with Crippen LogP contribution in [0, 0.1) is 11.3 Å². The molecule has 7 heteroatoms. The van der Waals surface area contributed by atoms with E-state index in [0.717, 1.165) is 71.3 Å². The lowest BCUT2D eigenvalue weighted by atomic mass is 9.94. The van der Waals surface area contributed by atoms with E-state index in [9.17, 15) is 4.79 Å². The average Bonchev–Trinajstić information content (AvgIpc) is 3.24. The SMILES string of the molecule is CCC(=O)N1[C@@H]2CC[C@H]1CN(C1(C)CC=C(c3cnc4c(-c5ccc(C#N)cc5)cccc4c3OC)C=N1)C2. The van der Waals surface area contributed by atoms with E-state index in [4.69, 9.17) is 20.0 Å². The average molecular weight is 520 g/mol. The zero-order chi connectivity index (χ0) is 27.1. The number of piperazine rings is 1. The van der Waals surface area contributed by atoms with Crippen LogP contribution in [-0.4, -0.2) is 64.9 Å². The van der Waals surface area contributed by atoms with E-state index in [-0.39, 0.29) is 11.6 Å². The van der Waals surface area contributed by atoms with Crippen molar-refractivity contribution in [1.82, 2.24) is 14.8 Å². The second-order valence-corrected chi connectivity index (χ2v) is 10.9. The number of benzene rings is 2. The Balaban J connectivity index is 1.28. The van der Waals surface area contributed by atoms with Gasteiger partial charge in [0.25, 0.3) is 0 Å². The Morgan fingerprint density at radius 2 is 1.87 bits per heavy atom. The van der Waals surface area contributed by atoms with E-state index in [1.165, 1.54) is 0 Å². The molecule has 1 unspecified atom stereocenters. The van der Waals surface area contributed by atoms with Crippen LogP contribution >= 0.6 is 0 Å². The molecule has 1 aromatic heterocycles. The fraction of sp³-hybridized carbons (Fsp3) is 0.375. The van der Waals surface area contributed by atoms with Crippen molar-refractivity contribution in [1.29, 1.82) is 5.26 Å². The summed E-state index contributed by atoms with van der Waals surface area (Å²) in [5, 5.41) is 10.1. The van der Waals surface area contributed by atoms with Crippen LogP contribution in [-0.2, 0) is 4.79 Å². The number of nitriles is 1. The molecular formula is C32H33N5O2. The van der Waals surface area contributed by atoms with Gasteiger partial charge in [0.1, 0.15) is 11.4 Å². The van der Waals surface area contributed by atoms with Crippen molar-refractivity contribution >= 4 is 28.6 Å². The smallest absolute Gasteiger partial charge is 0.222 e. The molecule has 3 aliphatic heterocycles. The number of aliphatic imine (C=N–C) groups is 1. The molecule has 0 aliphatic carbocycles. The molecule has 0 saturated carbocycles. The monoisotopic (exact) mass is 519 g/mol. The van der Waals surface area contributed by atoms with Gasteiger partial charge in [-0.3, -0.25) is 19.7 Å². The molecule has 0 N–H and O–H groups in total. The Bertz CT molecular complexity index is 1520. The lowest BCUT2D eigenvalue weighted by Gasteiger charge is -2.48. The Kier molecular flexibility index (Phi) is 6.44. The van der Waals surface area contributed by atoms with Crippen molar-refractivity contribution in [2.24, 2.45) is 4.99 Å². The number of hydrogen-bond acceptors (Lipinski definition) is 6. The summed E-state index contributed by atoms with van der Waals surface area (Å²) in [6, 6.07) is 16.4. The number of fused-ring (bicyclic) bond motifs is 3. The highest BCUT2D eigenvalue weighted by atomic mass is 16.5. The highest BCUT2D eigenvalue weighted by molar-refractivity contribution is 6.13. The van der Waals surface area contributed by atoms with E-state index < -0.39 is 0 Å². The number of methoxy groups -OCH3 is 1. The van der Waals surface area contributed by atoms with Crippen LogP contribution in [0.2, 0.25) is 0 Å². The molecule has 7 nitrogen and oxygen atoms in total. The Hall–Kier alpha value is -4.02. The molecule has 198 valence electrons. The minimum atomic E-state index is -0.327. The molecule has 2 saturated heterocycles. The summed E-state index contributed by atoms with van der Waals surface area (Å²) < 4.78 is 5.96. The fourth-order valence-corrected chi connectivity index (χ4v) is 6.48. The molecule has 2 fully saturated rings. The number of hydrogen-bond donors (Lipinski definition) is 0. The van der Waals surface area contributed by atoms with Crippen molar-refractivity contribution < 1.29 is 9.53 Å². The number of amides is 1. The number of allylic oxidation sites excluding steroid dienone is 1. The number of rotatable bonds is 5. The van der Waals surface area contributed by atoms with Crippen LogP contribution in [0.1, 0.15) is 50.7 Å². The van der Waals surface area contributed by atoms with Crippen LogP contribution in [0.4, 0.5) is 0 Å². The minimum absolute atomic E-state index is 0.278. The second kappa shape index (κ2) is 9.94. The molecule has 3 aromatic rings. The maximum atomic E-state index is 12.5. The van der Waals surface area contributed by atoms with E-state index in [0.29, 0.717) is 24.1 Å². The zero-order valence-electron chi connectivity index (χ0n) is 22.7. The number of dihydropyridines is 1. The van der Waals surface area contributed by atoms with Crippen LogP contribution < -0.4 is 4.74 Å². The predicted molar refractivity (Wildman–Crippen MR) is 153 cm³/mol. The molecule has 2 bridgehead atoms. The number of ether oxygens (including phenoxy) is 1. The maximum absolute atomic E-state index is 12.5. The molecule has 2 aromatic carbocycles. The van der Waals surface area contributed by atoms with Gasteiger partial charge >= 0.3 is 0 Å². The van der Waals surface area contributed by atoms with Gasteiger partial charge in [-0.2, -0.15) is 5.26 Å². The van der Waals surface area contributed by atoms with Crippen LogP contribution in [0.15, 0.2) is 59.7 Å². The fourth-order valence-electron chi connectivity index (χ4n) is 6.48. The molecule has 4 heterocycles. The van der Waals surface area contributed by atoms with Crippen LogP contribution in [0.5, 0.6) is 5.75 Å². The van der Waals surface area contributed by atoms with Crippen LogP contribution in [0.3, 0.4) is 0 Å². The van der Waals surface area contributed by atoms with E-state index in [1.807, 2.05) is 61.8 Å². The number of likely N-dealkylation sites (tertiary alicyclic amines) is 1. The highest BCUT2D eigenvalue weighted by Gasteiger charge is 2.46. The van der Waals surface area contributed by atoms with E-state index in [2.05, 4.69) is 28.9 Å². The van der Waals surface area contributed by atoms with Gasteiger partial charge in [-0.25, -0.2) is 0 Å². The Labute approximate surface area is 229 Å². The van der Waals surface area contributed by atoms with Crippen LogP contribution in [0.25, 0.3) is 27.6 Å². The Morgan fingerprint density at radius 1 is 1.13 bits per heavy atom. The normalized spacial score (nSPS) is 24.5. The predicted octanol–water partition coefficient (Wildman–Crippen LogP) is 5.44. The first kappa shape index (κ1) is 25.3. The minimum Gasteiger partial charge on any atom is -0.495 e. The van der Waals surface area contributed by atoms with Gasteiger partial charge in [0.05, 0.1) is 24.3 Å². The summed E-state index contributed by atoms with van der Waals surface area (Å²) in [5.74, 6) is 1.06. The third-order valence-electron chi connectivity index (χ3n) is 8.63. The highest BCUT2D eigenvalue weighted by Crippen LogP contribution is 2.40. The number of carbonyl (C=O) groups is 1. The number of nitrogens with zero attached hydrogens (tertiary/aromatic N) is 5. The third kappa shape index (κ3) is 4.29. The summed E-state index contributed by atoms with van der Waals surface area (Å²) in [6.45, 7) is 5.90. The molecule has 3 atom stereocenters. The van der Waals surface area contributed by atoms with Crippen molar-refractivity contribution in [3.63, 3.8) is 0 Å². The Morgan fingerprint density at radius 3 is 2.49 bits per heavy atom. The molecule has 3 aliphatic rings. The number of pyridine rings is 1. The summed E-state index contributed by atoms with van der Waals surface area (Å²) in [5.41, 5.74) is 5.09. The molecule has 39 heavy (non-hydrogen) atoms. The summed E-state index contributed by atoms with van der Waals surface area (Å²) in [6.07, 6.45) is 9.61. The summed E-state index contributed by atoms with van der Waals surface area (Å²) in [7, 11) is 1.70. The zero-order valence-corrected chi connectivity index (χ0v) is 22.7. The molecule has 6 rings (SSSR count). The second-order valence-electron chi connectivity index (χ2n) is 10.9. The summed E-state index contributed by atoms with van der Waals surface area (Å²) >= 11 is 0. The van der Waals surface area contributed by atoms with Crippen molar-refractivity contribution in [2.45, 2.75) is 57.3 Å². The number of para-hydroxylation sites is 1. The van der Waals surface area contributed by atoms with Gasteiger partial charge in [0.15, 0.2) is 0 Å². The van der Waals surface area contributed by atoms with Crippen molar-refractivity contribution in [3.05, 3.63) is 65.9 Å². The molecule has 0 radical (unpaired) electrons.